The molecule has 1 aliphatic heterocycles. The Bertz CT molecular complexity index is 643. The number of hydrogen-bond acceptors (Lipinski definition) is 6. The second kappa shape index (κ2) is 6.09. The van der Waals surface area contributed by atoms with Crippen LogP contribution in [0, 0.1) is 0 Å². The first kappa shape index (κ1) is 13.8. The summed E-state index contributed by atoms with van der Waals surface area (Å²) >= 11 is 1.47. The van der Waals surface area contributed by atoms with Gasteiger partial charge in [-0.3, -0.25) is 4.79 Å². The zero-order chi connectivity index (χ0) is 14.7. The Morgan fingerprint density at radius 1 is 1.38 bits per heavy atom. The highest BCUT2D eigenvalue weighted by atomic mass is 32.1. The Labute approximate surface area is 126 Å². The Hall–Kier alpha value is -2.15. The molecule has 110 valence electrons. The third-order valence-electron chi connectivity index (χ3n) is 3.12. The molecule has 0 bridgehead atoms. The summed E-state index contributed by atoms with van der Waals surface area (Å²) in [4.78, 5) is 14.0. The molecule has 2 heterocycles. The van der Waals surface area contributed by atoms with Crippen LogP contribution < -0.4 is 15.0 Å². The third-order valence-corrected chi connectivity index (χ3v) is 3.98. The number of carbonyl (C=O) groups is 1. The first-order valence-corrected chi connectivity index (χ1v) is 7.68. The van der Waals surface area contributed by atoms with E-state index in [0.29, 0.717) is 19.6 Å². The predicted octanol–water partition coefficient (Wildman–Crippen LogP) is 2.29. The number of carbonyl (C=O) groups excluding carboxylic acids is 1. The molecule has 0 atom stereocenters. The van der Waals surface area contributed by atoms with E-state index < -0.39 is 0 Å². The average Bonchev–Trinajstić information content (AvgIpc) is 2.86. The fourth-order valence-electron chi connectivity index (χ4n) is 2.17. The van der Waals surface area contributed by atoms with Crippen molar-refractivity contribution < 1.29 is 9.53 Å². The number of benzene rings is 1. The summed E-state index contributed by atoms with van der Waals surface area (Å²) in [7, 11) is 0. The molecule has 2 aromatic rings. The number of aromatic nitrogens is 2. The summed E-state index contributed by atoms with van der Waals surface area (Å²) in [5.74, 6) is 0.778. The molecular formula is C14H16N4O2S. The molecule has 1 amide bonds. The van der Waals surface area contributed by atoms with Crippen LogP contribution in [0.25, 0.3) is 0 Å². The summed E-state index contributed by atoms with van der Waals surface area (Å²) in [6, 6.07) is 7.58. The molecule has 3 rings (SSSR count). The largest absolute Gasteiger partial charge is 0.491 e. The van der Waals surface area contributed by atoms with Gasteiger partial charge in [0.15, 0.2) is 0 Å². The van der Waals surface area contributed by atoms with Gasteiger partial charge >= 0.3 is 0 Å². The molecule has 1 N–H and O–H groups in total. The molecule has 0 aliphatic carbocycles. The molecule has 0 fully saturated rings. The van der Waals surface area contributed by atoms with Gasteiger partial charge in [-0.1, -0.05) is 23.5 Å². The van der Waals surface area contributed by atoms with Crippen LogP contribution in [0.1, 0.15) is 18.4 Å². The van der Waals surface area contributed by atoms with Crippen LogP contribution in [0.4, 0.5) is 10.8 Å². The second-order valence-electron chi connectivity index (χ2n) is 4.58. The van der Waals surface area contributed by atoms with Crippen molar-refractivity contribution >= 4 is 28.1 Å². The normalized spacial score (nSPS) is 14.3. The van der Waals surface area contributed by atoms with E-state index in [-0.39, 0.29) is 5.91 Å². The summed E-state index contributed by atoms with van der Waals surface area (Å²) in [5, 5.41) is 12.9. The first-order chi connectivity index (χ1) is 10.3. The van der Waals surface area contributed by atoms with E-state index in [4.69, 9.17) is 4.74 Å². The lowest BCUT2D eigenvalue weighted by atomic mass is 10.2. The standard InChI is InChI=1S/C14H16N4O2S/c1-2-15-14-17-16-12(21-14)9-18-10-5-3-4-6-11(10)20-8-7-13(18)19/h3-6H,2,7-9H2,1H3,(H,15,17). The number of nitrogens with zero attached hydrogens (tertiary/aromatic N) is 3. The molecule has 6 nitrogen and oxygen atoms in total. The lowest BCUT2D eigenvalue weighted by molar-refractivity contribution is -0.118. The molecule has 7 heteroatoms. The van der Waals surface area contributed by atoms with Crippen molar-refractivity contribution in [3.8, 4) is 5.75 Å². The molecule has 0 radical (unpaired) electrons. The van der Waals surface area contributed by atoms with Crippen LogP contribution in [0.15, 0.2) is 24.3 Å². The molecule has 1 aromatic heterocycles. The minimum atomic E-state index is 0.0418. The Morgan fingerprint density at radius 2 is 2.24 bits per heavy atom. The Balaban J connectivity index is 1.86. The van der Waals surface area contributed by atoms with Crippen LogP contribution in [0.3, 0.4) is 0 Å². The highest BCUT2D eigenvalue weighted by Gasteiger charge is 2.24. The minimum Gasteiger partial charge on any atom is -0.491 e. The van der Waals surface area contributed by atoms with Gasteiger partial charge in [0.1, 0.15) is 10.8 Å². The van der Waals surface area contributed by atoms with Gasteiger partial charge in [-0.15, -0.1) is 10.2 Å². The van der Waals surface area contributed by atoms with Gasteiger partial charge in [0.25, 0.3) is 0 Å². The topological polar surface area (TPSA) is 67.4 Å². The van der Waals surface area contributed by atoms with Crippen molar-refractivity contribution in [3.05, 3.63) is 29.3 Å². The third kappa shape index (κ3) is 2.97. The van der Waals surface area contributed by atoms with Crippen LogP contribution in [0.2, 0.25) is 0 Å². The first-order valence-electron chi connectivity index (χ1n) is 6.86. The molecule has 0 spiro atoms. The van der Waals surface area contributed by atoms with Crippen LogP contribution in [0.5, 0.6) is 5.75 Å². The second-order valence-corrected chi connectivity index (χ2v) is 5.64. The van der Waals surface area contributed by atoms with Gasteiger partial charge < -0.3 is 15.0 Å². The number of para-hydroxylation sites is 2. The predicted molar refractivity (Wildman–Crippen MR) is 81.8 cm³/mol. The van der Waals surface area contributed by atoms with Gasteiger partial charge in [-0.2, -0.15) is 0 Å². The van der Waals surface area contributed by atoms with E-state index in [0.717, 1.165) is 28.1 Å². The maximum Gasteiger partial charge on any atom is 0.230 e. The van der Waals surface area contributed by atoms with Crippen molar-refractivity contribution in [2.45, 2.75) is 19.9 Å². The van der Waals surface area contributed by atoms with Crippen LogP contribution >= 0.6 is 11.3 Å². The fourth-order valence-corrected chi connectivity index (χ4v) is 2.97. The number of ether oxygens (including phenoxy) is 1. The molecule has 0 unspecified atom stereocenters. The van der Waals surface area contributed by atoms with Crippen LogP contribution in [-0.2, 0) is 11.3 Å². The van der Waals surface area contributed by atoms with E-state index in [1.807, 2.05) is 31.2 Å². The summed E-state index contributed by atoms with van der Waals surface area (Å²) in [6.45, 7) is 3.63. The maximum absolute atomic E-state index is 12.3. The molecule has 21 heavy (non-hydrogen) atoms. The smallest absolute Gasteiger partial charge is 0.230 e. The number of rotatable bonds is 4. The minimum absolute atomic E-state index is 0.0418. The number of nitrogens with one attached hydrogen (secondary N) is 1. The SMILES string of the molecule is CCNc1nnc(CN2C(=O)CCOc3ccccc32)s1. The van der Waals surface area contributed by atoms with Gasteiger partial charge in [0, 0.05) is 6.54 Å². The Morgan fingerprint density at radius 3 is 3.10 bits per heavy atom. The van der Waals surface area contributed by atoms with Crippen molar-refractivity contribution in [3.63, 3.8) is 0 Å². The molecule has 0 saturated carbocycles. The van der Waals surface area contributed by atoms with Crippen LogP contribution in [-0.4, -0.2) is 29.3 Å². The van der Waals surface area contributed by atoms with Gasteiger partial charge in [0.05, 0.1) is 25.3 Å². The number of amides is 1. The van der Waals surface area contributed by atoms with Crippen molar-refractivity contribution in [1.29, 1.82) is 0 Å². The molecule has 0 saturated heterocycles. The average molecular weight is 304 g/mol. The summed E-state index contributed by atoms with van der Waals surface area (Å²) in [6.07, 6.45) is 0.369. The zero-order valence-electron chi connectivity index (χ0n) is 11.7. The van der Waals surface area contributed by atoms with E-state index in [2.05, 4.69) is 15.5 Å². The van der Waals surface area contributed by atoms with Crippen molar-refractivity contribution in [2.75, 3.05) is 23.4 Å². The lowest BCUT2D eigenvalue weighted by Crippen LogP contribution is -2.29. The van der Waals surface area contributed by atoms with E-state index in [1.54, 1.807) is 4.90 Å². The summed E-state index contributed by atoms with van der Waals surface area (Å²) in [5.41, 5.74) is 0.792. The number of hydrogen-bond donors (Lipinski definition) is 1. The maximum atomic E-state index is 12.3. The van der Waals surface area contributed by atoms with E-state index >= 15 is 0 Å². The Kier molecular flexibility index (Phi) is 4.01. The fraction of sp³-hybridized carbons (Fsp3) is 0.357. The van der Waals surface area contributed by atoms with Gasteiger partial charge in [-0.25, -0.2) is 0 Å². The molecule has 1 aliphatic rings. The van der Waals surface area contributed by atoms with E-state index in [1.165, 1.54) is 11.3 Å². The quantitative estimate of drug-likeness (QED) is 0.938. The van der Waals surface area contributed by atoms with Gasteiger partial charge in [-0.05, 0) is 19.1 Å². The lowest BCUT2D eigenvalue weighted by Gasteiger charge is -2.20. The molecule has 1 aromatic carbocycles. The highest BCUT2D eigenvalue weighted by Crippen LogP contribution is 2.32. The molecular weight excluding hydrogens is 288 g/mol. The van der Waals surface area contributed by atoms with Crippen molar-refractivity contribution in [2.24, 2.45) is 0 Å². The van der Waals surface area contributed by atoms with Crippen molar-refractivity contribution in [1.82, 2.24) is 10.2 Å². The monoisotopic (exact) mass is 304 g/mol. The number of anilines is 2. The zero-order valence-corrected chi connectivity index (χ0v) is 12.5. The number of fused-ring (bicyclic) bond motifs is 1. The summed E-state index contributed by atoms with van der Waals surface area (Å²) < 4.78 is 5.62. The van der Waals surface area contributed by atoms with E-state index in [9.17, 15) is 4.79 Å². The highest BCUT2D eigenvalue weighted by molar-refractivity contribution is 7.15. The van der Waals surface area contributed by atoms with Gasteiger partial charge in [0.2, 0.25) is 11.0 Å².